The number of ether oxygens (including phenoxy) is 1. The molecule has 37 heavy (non-hydrogen) atoms. The third-order valence-corrected chi connectivity index (χ3v) is 8.30. The predicted molar refractivity (Wildman–Crippen MR) is 140 cm³/mol. The third kappa shape index (κ3) is 4.45. The summed E-state index contributed by atoms with van der Waals surface area (Å²) in [4.78, 5) is 37.7. The van der Waals surface area contributed by atoms with Gasteiger partial charge in [0, 0.05) is 74.8 Å². The van der Waals surface area contributed by atoms with Crippen LogP contribution in [0.2, 0.25) is 0 Å². The summed E-state index contributed by atoms with van der Waals surface area (Å²) in [7, 11) is 0. The third-order valence-electron chi connectivity index (χ3n) is 8.30. The Morgan fingerprint density at radius 2 is 1.70 bits per heavy atom. The molecule has 0 bridgehead atoms. The molecular weight excluding hydrogens is 468 g/mol. The van der Waals surface area contributed by atoms with Crippen LogP contribution in [0.5, 0.6) is 0 Å². The molecule has 0 saturated carbocycles. The fourth-order valence-corrected chi connectivity index (χ4v) is 6.15. The summed E-state index contributed by atoms with van der Waals surface area (Å²) in [6, 6.07) is 10.2. The number of likely N-dealkylation sites (tertiary alicyclic amines) is 1. The van der Waals surface area contributed by atoms with Gasteiger partial charge in [-0.05, 0) is 37.8 Å². The van der Waals surface area contributed by atoms with Crippen molar-refractivity contribution in [3.8, 4) is 11.3 Å². The van der Waals surface area contributed by atoms with Gasteiger partial charge in [-0.1, -0.05) is 18.2 Å². The van der Waals surface area contributed by atoms with Gasteiger partial charge in [0.1, 0.15) is 5.82 Å². The maximum Gasteiger partial charge on any atom is 0.314 e. The zero-order valence-electron chi connectivity index (χ0n) is 21.4. The lowest BCUT2D eigenvalue weighted by atomic mass is 9.92. The summed E-state index contributed by atoms with van der Waals surface area (Å²) in [5, 5.41) is 1.07. The highest BCUT2D eigenvalue weighted by molar-refractivity contribution is 5.94. The van der Waals surface area contributed by atoms with Gasteiger partial charge in [-0.2, -0.15) is 0 Å². The Kier molecular flexibility index (Phi) is 6.32. The van der Waals surface area contributed by atoms with Crippen LogP contribution in [-0.4, -0.2) is 69.1 Å². The van der Waals surface area contributed by atoms with Gasteiger partial charge >= 0.3 is 6.03 Å². The molecule has 2 aromatic heterocycles. The van der Waals surface area contributed by atoms with E-state index in [2.05, 4.69) is 34.9 Å². The van der Waals surface area contributed by atoms with Crippen molar-refractivity contribution in [1.82, 2.24) is 24.3 Å². The molecule has 194 valence electrons. The Morgan fingerprint density at radius 1 is 0.919 bits per heavy atom. The molecular formula is C28H34N6O3. The van der Waals surface area contributed by atoms with Crippen LogP contribution in [0.3, 0.4) is 0 Å². The predicted octanol–water partition coefficient (Wildman–Crippen LogP) is 3.61. The number of pyridine rings is 1. The van der Waals surface area contributed by atoms with Crippen LogP contribution in [0, 0.1) is 0 Å². The summed E-state index contributed by atoms with van der Waals surface area (Å²) in [6.07, 6.45) is 3.68. The molecule has 9 nitrogen and oxygen atoms in total. The molecule has 0 atom stereocenters. The van der Waals surface area contributed by atoms with E-state index in [-0.39, 0.29) is 11.9 Å². The molecule has 3 amide bonds. The molecule has 0 radical (unpaired) electrons. The van der Waals surface area contributed by atoms with E-state index in [4.69, 9.17) is 20.4 Å². The number of carbonyl (C=O) groups is 2. The van der Waals surface area contributed by atoms with Crippen LogP contribution in [0.15, 0.2) is 30.3 Å². The van der Waals surface area contributed by atoms with Crippen molar-refractivity contribution in [3.63, 3.8) is 0 Å². The topological polar surface area (TPSA) is 107 Å². The second-order valence-electron chi connectivity index (χ2n) is 10.5. The number of urea groups is 1. The second-order valence-corrected chi connectivity index (χ2v) is 10.5. The summed E-state index contributed by atoms with van der Waals surface area (Å²) >= 11 is 0. The fraction of sp³-hybridized carbons (Fsp3) is 0.500. The summed E-state index contributed by atoms with van der Waals surface area (Å²) in [6.45, 7) is 6.56. The number of nitrogens with zero attached hydrogens (tertiary/aromatic N) is 5. The minimum Gasteiger partial charge on any atom is -0.381 e. The van der Waals surface area contributed by atoms with Gasteiger partial charge in [-0.25, -0.2) is 9.78 Å². The number of primary amides is 1. The van der Waals surface area contributed by atoms with Crippen molar-refractivity contribution < 1.29 is 14.3 Å². The maximum absolute atomic E-state index is 12.3. The number of benzene rings is 1. The Labute approximate surface area is 216 Å². The number of imidazole rings is 1. The first-order valence-electron chi connectivity index (χ1n) is 13.4. The first kappa shape index (κ1) is 23.9. The molecule has 1 aromatic carbocycles. The van der Waals surface area contributed by atoms with Crippen molar-refractivity contribution in [2.45, 2.75) is 57.5 Å². The van der Waals surface area contributed by atoms with Crippen LogP contribution in [-0.2, 0) is 22.6 Å². The number of aromatic nitrogens is 3. The van der Waals surface area contributed by atoms with E-state index >= 15 is 0 Å². The Morgan fingerprint density at radius 3 is 2.43 bits per heavy atom. The number of amides is 3. The molecule has 2 fully saturated rings. The molecule has 5 heterocycles. The average Bonchev–Trinajstić information content (AvgIpc) is 3.31. The van der Waals surface area contributed by atoms with Crippen LogP contribution in [0.1, 0.15) is 61.7 Å². The normalized spacial score (nSPS) is 19.3. The van der Waals surface area contributed by atoms with E-state index in [1.807, 2.05) is 4.90 Å². The molecule has 3 aliphatic rings. The Bertz CT molecular complexity index is 1340. The van der Waals surface area contributed by atoms with E-state index in [0.29, 0.717) is 38.0 Å². The number of rotatable bonds is 3. The first-order valence-corrected chi connectivity index (χ1v) is 13.4. The average molecular weight is 503 g/mol. The van der Waals surface area contributed by atoms with Crippen molar-refractivity contribution in [1.29, 1.82) is 0 Å². The molecule has 2 saturated heterocycles. The molecule has 3 aromatic rings. The van der Waals surface area contributed by atoms with Gasteiger partial charge in [-0.15, -0.1) is 0 Å². The number of piperidine rings is 1. The zero-order valence-corrected chi connectivity index (χ0v) is 21.4. The standard InChI is InChI=1S/C28H34N6O3/c1-18(35)33-13-14-34-25(17-33)26(31-27(34)20-9-15-37-16-10-20)22-3-2-4-24-21(22)5-6-23(30-24)19-7-11-32(12-8-19)28(29)36/h2-6,19-20H,7-17H2,1H3,(H2,29,36). The number of nitrogens with two attached hydrogens (primary N) is 1. The number of hydrogen-bond donors (Lipinski definition) is 1. The molecule has 9 heteroatoms. The molecule has 0 unspecified atom stereocenters. The zero-order chi connectivity index (χ0) is 25.5. The summed E-state index contributed by atoms with van der Waals surface area (Å²) in [5.74, 6) is 1.90. The Balaban J connectivity index is 1.38. The first-order chi connectivity index (χ1) is 18.0. The molecule has 6 rings (SSSR count). The van der Waals surface area contributed by atoms with Gasteiger partial charge in [0.05, 0.1) is 23.4 Å². The van der Waals surface area contributed by atoms with Crippen LogP contribution >= 0.6 is 0 Å². The monoisotopic (exact) mass is 502 g/mol. The van der Waals surface area contributed by atoms with Gasteiger partial charge < -0.3 is 24.8 Å². The number of hydrogen-bond acceptors (Lipinski definition) is 5. The van der Waals surface area contributed by atoms with Crippen LogP contribution in [0.4, 0.5) is 4.79 Å². The highest BCUT2D eigenvalue weighted by Crippen LogP contribution is 2.37. The van der Waals surface area contributed by atoms with Gasteiger partial charge in [0.2, 0.25) is 5.91 Å². The van der Waals surface area contributed by atoms with E-state index in [0.717, 1.165) is 84.8 Å². The molecule has 3 aliphatic heterocycles. The van der Waals surface area contributed by atoms with Crippen molar-refractivity contribution in [2.24, 2.45) is 5.73 Å². The Hall–Kier alpha value is -3.46. The lowest BCUT2D eigenvalue weighted by molar-refractivity contribution is -0.130. The minimum absolute atomic E-state index is 0.0950. The SMILES string of the molecule is CC(=O)N1CCn2c(C3CCOCC3)nc(-c3cccc4nc(C5CCN(C(N)=O)CC5)ccc34)c2C1. The second kappa shape index (κ2) is 9.78. The number of carbonyl (C=O) groups excluding carboxylic acids is 2. The van der Waals surface area contributed by atoms with Gasteiger partial charge in [0.25, 0.3) is 0 Å². The summed E-state index contributed by atoms with van der Waals surface area (Å²) < 4.78 is 7.98. The number of fused-ring (bicyclic) bond motifs is 2. The lowest BCUT2D eigenvalue weighted by Crippen LogP contribution is -2.41. The van der Waals surface area contributed by atoms with Crippen LogP contribution in [0.25, 0.3) is 22.2 Å². The maximum atomic E-state index is 12.3. The van der Waals surface area contributed by atoms with E-state index in [1.165, 1.54) is 0 Å². The van der Waals surface area contributed by atoms with E-state index < -0.39 is 0 Å². The largest absolute Gasteiger partial charge is 0.381 e. The van der Waals surface area contributed by atoms with Gasteiger partial charge in [-0.3, -0.25) is 9.78 Å². The molecule has 2 N–H and O–H groups in total. The van der Waals surface area contributed by atoms with Crippen molar-refractivity contribution >= 4 is 22.8 Å². The highest BCUT2D eigenvalue weighted by Gasteiger charge is 2.31. The van der Waals surface area contributed by atoms with Crippen molar-refractivity contribution in [3.05, 3.63) is 47.5 Å². The minimum atomic E-state index is -0.346. The van der Waals surface area contributed by atoms with Crippen LogP contribution < -0.4 is 5.73 Å². The quantitative estimate of drug-likeness (QED) is 0.589. The smallest absolute Gasteiger partial charge is 0.314 e. The lowest BCUT2D eigenvalue weighted by Gasteiger charge is -2.30. The fourth-order valence-electron chi connectivity index (χ4n) is 6.15. The van der Waals surface area contributed by atoms with E-state index in [1.54, 1.807) is 11.8 Å². The van der Waals surface area contributed by atoms with Crippen molar-refractivity contribution in [2.75, 3.05) is 32.8 Å². The van der Waals surface area contributed by atoms with E-state index in [9.17, 15) is 9.59 Å². The molecule has 0 aliphatic carbocycles. The van der Waals surface area contributed by atoms with Gasteiger partial charge in [0.15, 0.2) is 0 Å². The summed E-state index contributed by atoms with van der Waals surface area (Å²) in [5.41, 5.74) is 10.6. The molecule has 0 spiro atoms. The highest BCUT2D eigenvalue weighted by atomic mass is 16.5.